The van der Waals surface area contributed by atoms with E-state index in [0.717, 1.165) is 0 Å². The quantitative estimate of drug-likeness (QED) is 0.279. The van der Waals surface area contributed by atoms with Gasteiger partial charge in [0.05, 0.1) is 12.6 Å². The Morgan fingerprint density at radius 1 is 1.25 bits per heavy atom. The first kappa shape index (κ1) is 9.63. The minimum absolute atomic E-state index is 0.250. The van der Waals surface area contributed by atoms with Gasteiger partial charge in [-0.3, -0.25) is 0 Å². The molecule has 1 aliphatic carbocycles. The third kappa shape index (κ3) is 1.50. The van der Waals surface area contributed by atoms with Crippen molar-refractivity contribution in [2.75, 3.05) is 6.61 Å². The zero-order valence-electron chi connectivity index (χ0n) is 6.46. The largest absolute Gasteiger partial charge is 0.392 e. The molecule has 0 aromatic heterocycles. The van der Waals surface area contributed by atoms with Crippen molar-refractivity contribution in [1.82, 2.24) is 0 Å². The molecule has 0 heterocycles. The lowest BCUT2D eigenvalue weighted by atomic mass is 9.89. The first-order valence-corrected chi connectivity index (χ1v) is 3.69. The minimum atomic E-state index is -1.31. The molecule has 0 aromatic rings. The van der Waals surface area contributed by atoms with E-state index >= 15 is 0 Å². The third-order valence-electron chi connectivity index (χ3n) is 2.04. The highest BCUT2D eigenvalue weighted by Gasteiger charge is 2.34. The molecule has 0 unspecified atom stereocenters. The van der Waals surface area contributed by atoms with Crippen molar-refractivity contribution in [3.63, 3.8) is 0 Å². The van der Waals surface area contributed by atoms with E-state index in [9.17, 15) is 10.2 Å². The SMILES string of the molecule is N[C@H]1C=C(CO)[C@@H](O)[C@@H](O)[C@H]1O. The van der Waals surface area contributed by atoms with E-state index in [1.807, 2.05) is 0 Å². The van der Waals surface area contributed by atoms with Gasteiger partial charge in [0.2, 0.25) is 0 Å². The summed E-state index contributed by atoms with van der Waals surface area (Å²) in [7, 11) is 0. The van der Waals surface area contributed by atoms with Gasteiger partial charge in [-0.15, -0.1) is 0 Å². The molecule has 5 heteroatoms. The fourth-order valence-electron chi connectivity index (χ4n) is 1.22. The molecule has 1 aliphatic rings. The van der Waals surface area contributed by atoms with E-state index in [1.54, 1.807) is 0 Å². The van der Waals surface area contributed by atoms with Crippen LogP contribution in [0.4, 0.5) is 0 Å². The molecule has 0 saturated heterocycles. The minimum Gasteiger partial charge on any atom is -0.392 e. The molecule has 0 aliphatic heterocycles. The fourth-order valence-corrected chi connectivity index (χ4v) is 1.22. The summed E-state index contributed by atoms with van der Waals surface area (Å²) in [6.07, 6.45) is -2.34. The Kier molecular flexibility index (Phi) is 2.81. The molecule has 0 aromatic carbocycles. The van der Waals surface area contributed by atoms with Crippen LogP contribution >= 0.6 is 0 Å². The Bertz CT molecular complexity index is 194. The first-order chi connectivity index (χ1) is 5.57. The Balaban J connectivity index is 2.84. The molecule has 6 N–H and O–H groups in total. The van der Waals surface area contributed by atoms with Crippen molar-refractivity contribution in [1.29, 1.82) is 0 Å². The van der Waals surface area contributed by atoms with Crippen LogP contribution < -0.4 is 5.73 Å². The van der Waals surface area contributed by atoms with Crippen LogP contribution in [-0.2, 0) is 0 Å². The fraction of sp³-hybridized carbons (Fsp3) is 0.714. The Morgan fingerprint density at radius 2 is 1.83 bits per heavy atom. The van der Waals surface area contributed by atoms with Crippen molar-refractivity contribution < 1.29 is 20.4 Å². The molecular weight excluding hydrogens is 162 g/mol. The van der Waals surface area contributed by atoms with E-state index in [-0.39, 0.29) is 12.2 Å². The molecule has 0 amide bonds. The van der Waals surface area contributed by atoms with Gasteiger partial charge < -0.3 is 26.2 Å². The lowest BCUT2D eigenvalue weighted by molar-refractivity contribution is -0.0596. The number of aliphatic hydroxyl groups excluding tert-OH is 4. The summed E-state index contributed by atoms with van der Waals surface area (Å²) in [6, 6.07) is -0.731. The summed E-state index contributed by atoms with van der Waals surface area (Å²) in [5.41, 5.74) is 5.64. The van der Waals surface area contributed by atoms with E-state index in [0.29, 0.717) is 0 Å². The summed E-state index contributed by atoms with van der Waals surface area (Å²) in [5, 5.41) is 36.3. The Hall–Kier alpha value is -0.460. The molecule has 12 heavy (non-hydrogen) atoms. The van der Waals surface area contributed by atoms with Crippen molar-refractivity contribution in [3.8, 4) is 0 Å². The number of rotatable bonds is 1. The van der Waals surface area contributed by atoms with Gasteiger partial charge in [0, 0.05) is 0 Å². The molecule has 0 fully saturated rings. The van der Waals surface area contributed by atoms with Crippen LogP contribution in [0.5, 0.6) is 0 Å². The molecule has 4 atom stereocenters. The van der Waals surface area contributed by atoms with Gasteiger partial charge in [0.15, 0.2) is 0 Å². The second-order valence-electron chi connectivity index (χ2n) is 2.90. The topological polar surface area (TPSA) is 107 Å². The van der Waals surface area contributed by atoms with E-state index in [4.69, 9.17) is 15.9 Å². The number of hydrogen-bond acceptors (Lipinski definition) is 5. The van der Waals surface area contributed by atoms with E-state index in [2.05, 4.69) is 0 Å². The second kappa shape index (κ2) is 3.51. The van der Waals surface area contributed by atoms with Gasteiger partial charge in [-0.2, -0.15) is 0 Å². The lowest BCUT2D eigenvalue weighted by Gasteiger charge is -2.32. The normalized spacial score (nSPS) is 42.6. The highest BCUT2D eigenvalue weighted by atomic mass is 16.4. The van der Waals surface area contributed by atoms with Crippen molar-refractivity contribution in [2.45, 2.75) is 24.4 Å². The van der Waals surface area contributed by atoms with Crippen LogP contribution in [-0.4, -0.2) is 51.4 Å². The molecule has 0 bridgehead atoms. The van der Waals surface area contributed by atoms with Gasteiger partial charge in [-0.25, -0.2) is 0 Å². The molecular formula is C7H13NO4. The van der Waals surface area contributed by atoms with Crippen LogP contribution in [0.2, 0.25) is 0 Å². The van der Waals surface area contributed by atoms with Gasteiger partial charge in [0.25, 0.3) is 0 Å². The summed E-state index contributed by atoms with van der Waals surface area (Å²) < 4.78 is 0. The lowest BCUT2D eigenvalue weighted by Crippen LogP contribution is -2.52. The standard InChI is InChI=1S/C7H13NO4/c8-4-1-3(2-9)5(10)7(12)6(4)11/h1,4-7,9-12H,2,8H2/t4-,5+,6-,7+/m0/s1. The molecule has 0 saturated carbocycles. The van der Waals surface area contributed by atoms with Crippen molar-refractivity contribution in [2.24, 2.45) is 5.73 Å². The summed E-state index contributed by atoms with van der Waals surface area (Å²) >= 11 is 0. The zero-order valence-corrected chi connectivity index (χ0v) is 6.46. The number of nitrogens with two attached hydrogens (primary N) is 1. The van der Waals surface area contributed by atoms with E-state index < -0.39 is 24.4 Å². The van der Waals surface area contributed by atoms with Crippen LogP contribution in [0, 0.1) is 0 Å². The smallest absolute Gasteiger partial charge is 0.111 e. The maximum Gasteiger partial charge on any atom is 0.111 e. The zero-order chi connectivity index (χ0) is 9.30. The highest BCUT2D eigenvalue weighted by molar-refractivity contribution is 5.20. The second-order valence-corrected chi connectivity index (χ2v) is 2.90. The van der Waals surface area contributed by atoms with E-state index in [1.165, 1.54) is 6.08 Å². The Labute approximate surface area is 69.8 Å². The van der Waals surface area contributed by atoms with Crippen molar-refractivity contribution >= 4 is 0 Å². The van der Waals surface area contributed by atoms with Crippen molar-refractivity contribution in [3.05, 3.63) is 11.6 Å². The highest BCUT2D eigenvalue weighted by Crippen LogP contribution is 2.18. The van der Waals surface area contributed by atoms with Gasteiger partial charge in [0.1, 0.15) is 18.3 Å². The van der Waals surface area contributed by atoms with Gasteiger partial charge in [-0.1, -0.05) is 6.08 Å². The van der Waals surface area contributed by atoms with Gasteiger partial charge in [-0.05, 0) is 5.57 Å². The maximum absolute atomic E-state index is 9.23. The van der Waals surface area contributed by atoms with Gasteiger partial charge >= 0.3 is 0 Å². The molecule has 1 rings (SSSR count). The average Bonchev–Trinajstić information content (AvgIpc) is 2.08. The molecule has 0 spiro atoms. The monoisotopic (exact) mass is 175 g/mol. The average molecular weight is 175 g/mol. The molecule has 0 radical (unpaired) electrons. The summed E-state index contributed by atoms with van der Waals surface area (Å²) in [4.78, 5) is 0. The first-order valence-electron chi connectivity index (χ1n) is 3.69. The Morgan fingerprint density at radius 3 is 2.33 bits per heavy atom. The van der Waals surface area contributed by atoms with Crippen LogP contribution in [0.15, 0.2) is 11.6 Å². The van der Waals surface area contributed by atoms with Crippen LogP contribution in [0.25, 0.3) is 0 Å². The molecule has 5 nitrogen and oxygen atoms in total. The third-order valence-corrected chi connectivity index (χ3v) is 2.04. The van der Waals surface area contributed by atoms with Crippen LogP contribution in [0.3, 0.4) is 0 Å². The maximum atomic E-state index is 9.23. The predicted octanol–water partition coefficient (Wildman–Crippen LogP) is -2.67. The summed E-state index contributed by atoms with van der Waals surface area (Å²) in [6.45, 7) is -0.362. The predicted molar refractivity (Wildman–Crippen MR) is 41.2 cm³/mol. The number of aliphatic hydroxyl groups is 4. The summed E-state index contributed by atoms with van der Waals surface area (Å²) in [5.74, 6) is 0. The molecule has 70 valence electrons. The number of hydrogen-bond donors (Lipinski definition) is 5. The van der Waals surface area contributed by atoms with Crippen LogP contribution in [0.1, 0.15) is 0 Å².